The lowest BCUT2D eigenvalue weighted by Crippen LogP contribution is -2.47. The maximum absolute atomic E-state index is 13.0. The van der Waals surface area contributed by atoms with Gasteiger partial charge in [0.05, 0.1) is 11.1 Å². The van der Waals surface area contributed by atoms with Gasteiger partial charge in [0.15, 0.2) is 0 Å². The lowest BCUT2D eigenvalue weighted by Gasteiger charge is -2.32. The maximum Gasteiger partial charge on any atom is 0.272 e. The van der Waals surface area contributed by atoms with E-state index in [1.54, 1.807) is 42.5 Å². The number of benzene rings is 3. The van der Waals surface area contributed by atoms with E-state index in [4.69, 9.17) is 10.5 Å². The minimum Gasteiger partial charge on any atom is -0.457 e. The van der Waals surface area contributed by atoms with Crippen LogP contribution in [0.2, 0.25) is 0 Å². The van der Waals surface area contributed by atoms with E-state index in [1.165, 1.54) is 0 Å². The molecule has 0 spiro atoms. The van der Waals surface area contributed by atoms with Crippen LogP contribution in [-0.4, -0.2) is 65.0 Å². The number of likely N-dealkylation sites (N-methyl/N-ethyl adjacent to an activating group) is 1. The van der Waals surface area contributed by atoms with E-state index >= 15 is 0 Å². The number of nitrogens with one attached hydrogen (secondary N) is 1. The van der Waals surface area contributed by atoms with Crippen LogP contribution in [0.25, 0.3) is 10.8 Å². The number of fused-ring (bicyclic) bond motifs is 1. The number of ether oxygens (including phenoxy) is 1. The molecule has 188 valence electrons. The fourth-order valence-corrected chi connectivity index (χ4v) is 4.42. The van der Waals surface area contributed by atoms with Gasteiger partial charge in [-0.05, 0) is 67.2 Å². The molecule has 0 bridgehead atoms. The second kappa shape index (κ2) is 10.2. The van der Waals surface area contributed by atoms with Gasteiger partial charge in [-0.3, -0.25) is 14.4 Å². The molecule has 4 aromatic rings. The Morgan fingerprint density at radius 2 is 1.65 bits per heavy atom. The highest BCUT2D eigenvalue weighted by Crippen LogP contribution is 2.27. The SMILES string of the molecule is CN1CCN(C(=O)c2cccc(Cc3n[nH]c(=O)c4ccc(Oc5ccc(C(N)=O)cc5)cc34)c2)CC1. The molecule has 1 fully saturated rings. The molecular weight excluding hydrogens is 470 g/mol. The lowest BCUT2D eigenvalue weighted by molar-refractivity contribution is 0.0664. The van der Waals surface area contributed by atoms with E-state index in [9.17, 15) is 14.4 Å². The molecule has 9 heteroatoms. The van der Waals surface area contributed by atoms with E-state index in [-0.39, 0.29) is 11.5 Å². The molecule has 0 unspecified atom stereocenters. The zero-order chi connectivity index (χ0) is 25.9. The summed E-state index contributed by atoms with van der Waals surface area (Å²) in [7, 11) is 2.06. The predicted molar refractivity (Wildman–Crippen MR) is 140 cm³/mol. The van der Waals surface area contributed by atoms with Gasteiger partial charge in [0, 0.05) is 49.1 Å². The lowest BCUT2D eigenvalue weighted by atomic mass is 10.0. The third-order valence-electron chi connectivity index (χ3n) is 6.55. The first-order chi connectivity index (χ1) is 17.9. The molecule has 1 aromatic heterocycles. The number of carbonyl (C=O) groups excluding carboxylic acids is 2. The van der Waals surface area contributed by atoms with Gasteiger partial charge in [-0.1, -0.05) is 12.1 Å². The van der Waals surface area contributed by atoms with Crippen molar-refractivity contribution in [3.8, 4) is 11.5 Å². The highest BCUT2D eigenvalue weighted by atomic mass is 16.5. The molecule has 3 aromatic carbocycles. The fourth-order valence-electron chi connectivity index (χ4n) is 4.42. The van der Waals surface area contributed by atoms with E-state index in [0.717, 1.165) is 18.7 Å². The fraction of sp³-hybridized carbons (Fsp3) is 0.214. The first-order valence-electron chi connectivity index (χ1n) is 12.0. The number of primary amides is 1. The first-order valence-corrected chi connectivity index (χ1v) is 12.0. The Balaban J connectivity index is 1.40. The van der Waals surface area contributed by atoms with Crippen molar-refractivity contribution in [2.45, 2.75) is 6.42 Å². The van der Waals surface area contributed by atoms with E-state index in [1.807, 2.05) is 29.2 Å². The summed E-state index contributed by atoms with van der Waals surface area (Å²) in [6.45, 7) is 3.14. The van der Waals surface area contributed by atoms with Gasteiger partial charge in [-0.2, -0.15) is 5.10 Å². The quantitative estimate of drug-likeness (QED) is 0.423. The molecule has 37 heavy (non-hydrogen) atoms. The van der Waals surface area contributed by atoms with Crippen LogP contribution in [0.4, 0.5) is 0 Å². The van der Waals surface area contributed by atoms with Crippen LogP contribution in [0, 0.1) is 0 Å². The summed E-state index contributed by atoms with van der Waals surface area (Å²) in [6, 6.07) is 19.2. The van der Waals surface area contributed by atoms with Crippen molar-refractivity contribution >= 4 is 22.6 Å². The van der Waals surface area contributed by atoms with Gasteiger partial charge in [0.2, 0.25) is 5.91 Å². The zero-order valence-electron chi connectivity index (χ0n) is 20.4. The number of piperazine rings is 1. The number of carbonyl (C=O) groups is 2. The molecule has 1 aliphatic heterocycles. The highest BCUT2D eigenvalue weighted by Gasteiger charge is 2.20. The predicted octanol–water partition coefficient (Wildman–Crippen LogP) is 2.79. The molecule has 2 heterocycles. The summed E-state index contributed by atoms with van der Waals surface area (Å²) in [5, 5.41) is 8.03. The Hall–Kier alpha value is -4.50. The molecule has 0 aliphatic carbocycles. The van der Waals surface area contributed by atoms with Crippen LogP contribution in [0.3, 0.4) is 0 Å². The summed E-state index contributed by atoms with van der Waals surface area (Å²) in [5.41, 5.74) is 7.60. The van der Waals surface area contributed by atoms with Crippen molar-refractivity contribution in [1.82, 2.24) is 20.0 Å². The van der Waals surface area contributed by atoms with Gasteiger partial charge in [-0.15, -0.1) is 0 Å². The van der Waals surface area contributed by atoms with Crippen molar-refractivity contribution in [3.05, 3.63) is 99.5 Å². The van der Waals surface area contributed by atoms with E-state index in [0.29, 0.717) is 58.6 Å². The molecule has 0 atom stereocenters. The highest BCUT2D eigenvalue weighted by molar-refractivity contribution is 5.94. The maximum atomic E-state index is 13.0. The standard InChI is InChI=1S/C28H27N5O4/c1-32-11-13-33(14-12-32)28(36)20-4-2-3-18(15-20)16-25-24-17-22(9-10-23(24)27(35)31-30-25)37-21-7-5-19(6-8-21)26(29)34/h2-10,15,17H,11-14,16H2,1H3,(H2,29,34)(H,31,35). The summed E-state index contributed by atoms with van der Waals surface area (Å²) in [4.78, 5) is 40.9. The van der Waals surface area contributed by atoms with Gasteiger partial charge < -0.3 is 20.3 Å². The Kier molecular flexibility index (Phi) is 6.70. The largest absolute Gasteiger partial charge is 0.457 e. The second-order valence-corrected chi connectivity index (χ2v) is 9.17. The van der Waals surface area contributed by atoms with Crippen LogP contribution in [-0.2, 0) is 6.42 Å². The monoisotopic (exact) mass is 497 g/mol. The third-order valence-corrected chi connectivity index (χ3v) is 6.55. The van der Waals surface area contributed by atoms with Gasteiger partial charge >= 0.3 is 0 Å². The summed E-state index contributed by atoms with van der Waals surface area (Å²) < 4.78 is 5.95. The van der Waals surface area contributed by atoms with Crippen LogP contribution in [0.15, 0.2) is 71.5 Å². The average Bonchev–Trinajstić information content (AvgIpc) is 2.91. The van der Waals surface area contributed by atoms with Crippen molar-refractivity contribution < 1.29 is 14.3 Å². The average molecular weight is 498 g/mol. The van der Waals surface area contributed by atoms with Crippen molar-refractivity contribution in [1.29, 1.82) is 0 Å². The van der Waals surface area contributed by atoms with Crippen LogP contribution in [0.5, 0.6) is 11.5 Å². The van der Waals surface area contributed by atoms with Gasteiger partial charge in [0.25, 0.3) is 11.5 Å². The molecule has 2 amide bonds. The van der Waals surface area contributed by atoms with Crippen molar-refractivity contribution in [2.24, 2.45) is 5.73 Å². The van der Waals surface area contributed by atoms with Crippen LogP contribution in [0.1, 0.15) is 32.0 Å². The van der Waals surface area contributed by atoms with Gasteiger partial charge in [0.1, 0.15) is 11.5 Å². The molecular formula is C28H27N5O4. The smallest absolute Gasteiger partial charge is 0.272 e. The number of aromatic amines is 1. The summed E-state index contributed by atoms with van der Waals surface area (Å²) >= 11 is 0. The Labute approximate surface area is 213 Å². The third kappa shape index (κ3) is 5.36. The molecule has 0 radical (unpaired) electrons. The number of hydrogen-bond acceptors (Lipinski definition) is 6. The minimum atomic E-state index is -0.513. The normalized spacial score (nSPS) is 14.0. The number of nitrogens with two attached hydrogens (primary N) is 1. The zero-order valence-corrected chi connectivity index (χ0v) is 20.4. The Morgan fingerprint density at radius 3 is 2.38 bits per heavy atom. The summed E-state index contributed by atoms with van der Waals surface area (Å²) in [6.07, 6.45) is 0.425. The van der Waals surface area contributed by atoms with Crippen molar-refractivity contribution in [2.75, 3.05) is 33.2 Å². The number of nitrogens with zero attached hydrogens (tertiary/aromatic N) is 3. The topological polar surface area (TPSA) is 122 Å². The van der Waals surface area contributed by atoms with Crippen LogP contribution < -0.4 is 16.0 Å². The van der Waals surface area contributed by atoms with E-state index < -0.39 is 5.91 Å². The first kappa shape index (κ1) is 24.2. The molecule has 5 rings (SSSR count). The Bertz CT molecular complexity index is 1520. The van der Waals surface area contributed by atoms with E-state index in [2.05, 4.69) is 22.1 Å². The van der Waals surface area contributed by atoms with Gasteiger partial charge in [-0.25, -0.2) is 5.10 Å². The number of amides is 2. The van der Waals surface area contributed by atoms with Crippen LogP contribution >= 0.6 is 0 Å². The second-order valence-electron chi connectivity index (χ2n) is 9.17. The molecule has 1 saturated heterocycles. The molecule has 9 nitrogen and oxygen atoms in total. The number of H-pyrrole nitrogens is 1. The molecule has 1 aliphatic rings. The number of rotatable bonds is 6. The summed E-state index contributed by atoms with van der Waals surface area (Å²) in [5.74, 6) is 0.555. The number of aromatic nitrogens is 2. The Morgan fingerprint density at radius 1 is 0.919 bits per heavy atom. The molecule has 0 saturated carbocycles. The van der Waals surface area contributed by atoms with Crippen molar-refractivity contribution in [3.63, 3.8) is 0 Å². The minimum absolute atomic E-state index is 0.0206. The number of hydrogen-bond donors (Lipinski definition) is 2. The molecule has 3 N–H and O–H groups in total.